The molecule has 0 spiro atoms. The summed E-state index contributed by atoms with van der Waals surface area (Å²) in [6, 6.07) is 9.71. The van der Waals surface area contributed by atoms with E-state index in [0.717, 1.165) is 40.3 Å². The highest BCUT2D eigenvalue weighted by Gasteiger charge is 2.23. The summed E-state index contributed by atoms with van der Waals surface area (Å²) < 4.78 is 1.90. The molecule has 4 rings (SSSR count). The Bertz CT molecular complexity index is 930. The van der Waals surface area contributed by atoms with Gasteiger partial charge in [0, 0.05) is 36.5 Å². The summed E-state index contributed by atoms with van der Waals surface area (Å²) in [5.74, 6) is 0. The second-order valence-corrected chi connectivity index (χ2v) is 6.26. The maximum absolute atomic E-state index is 12.5. The lowest BCUT2D eigenvalue weighted by Gasteiger charge is -2.28. The highest BCUT2D eigenvalue weighted by molar-refractivity contribution is 5.89. The standard InChI is InChI=1S/C18H19N5O/c1-12-4-3-5-15(8-12)20-18(24)22-7-6-16-14(11-22)10-19-17-9-13(2)21-23(16)17/h3-5,8-10H,6-7,11H2,1-2H3,(H,20,24). The summed E-state index contributed by atoms with van der Waals surface area (Å²) in [4.78, 5) is 18.8. The molecule has 0 bridgehead atoms. The Kier molecular flexibility index (Phi) is 3.45. The summed E-state index contributed by atoms with van der Waals surface area (Å²) in [6.07, 6.45) is 2.63. The third-order valence-electron chi connectivity index (χ3n) is 4.33. The third-order valence-corrected chi connectivity index (χ3v) is 4.33. The second-order valence-electron chi connectivity index (χ2n) is 6.26. The molecule has 0 atom stereocenters. The zero-order valence-corrected chi connectivity index (χ0v) is 13.8. The summed E-state index contributed by atoms with van der Waals surface area (Å²) in [6.45, 7) is 5.19. The van der Waals surface area contributed by atoms with Gasteiger partial charge in [-0.05, 0) is 31.5 Å². The average Bonchev–Trinajstić information content (AvgIpc) is 2.95. The normalized spacial score (nSPS) is 13.8. The maximum atomic E-state index is 12.5. The molecule has 1 aromatic carbocycles. The molecule has 0 saturated carbocycles. The first-order chi connectivity index (χ1) is 11.6. The van der Waals surface area contributed by atoms with Crippen LogP contribution in [-0.2, 0) is 13.0 Å². The molecule has 6 heteroatoms. The van der Waals surface area contributed by atoms with Crippen molar-refractivity contribution in [3.8, 4) is 0 Å². The summed E-state index contributed by atoms with van der Waals surface area (Å²) in [7, 11) is 0. The van der Waals surface area contributed by atoms with Crippen molar-refractivity contribution >= 4 is 17.4 Å². The van der Waals surface area contributed by atoms with Gasteiger partial charge in [0.15, 0.2) is 5.65 Å². The van der Waals surface area contributed by atoms with Crippen LogP contribution >= 0.6 is 0 Å². The van der Waals surface area contributed by atoms with E-state index in [4.69, 9.17) is 0 Å². The van der Waals surface area contributed by atoms with E-state index >= 15 is 0 Å². The molecule has 3 aromatic rings. The molecular formula is C18H19N5O. The number of aryl methyl sites for hydroxylation is 2. The molecule has 1 aliphatic heterocycles. The Labute approximate surface area is 140 Å². The van der Waals surface area contributed by atoms with Crippen LogP contribution in [0.25, 0.3) is 5.65 Å². The number of amides is 2. The molecule has 6 nitrogen and oxygen atoms in total. The van der Waals surface area contributed by atoms with E-state index in [2.05, 4.69) is 15.4 Å². The highest BCUT2D eigenvalue weighted by atomic mass is 16.2. The number of hydrogen-bond donors (Lipinski definition) is 1. The second kappa shape index (κ2) is 5.63. The van der Waals surface area contributed by atoms with Crippen LogP contribution in [0, 0.1) is 13.8 Å². The predicted molar refractivity (Wildman–Crippen MR) is 92.0 cm³/mol. The Balaban J connectivity index is 1.55. The van der Waals surface area contributed by atoms with Crippen LogP contribution in [0.2, 0.25) is 0 Å². The zero-order chi connectivity index (χ0) is 16.7. The first-order valence-corrected chi connectivity index (χ1v) is 8.06. The fraction of sp³-hybridized carbons (Fsp3) is 0.278. The van der Waals surface area contributed by atoms with E-state index in [-0.39, 0.29) is 6.03 Å². The summed E-state index contributed by atoms with van der Waals surface area (Å²) >= 11 is 0. The number of fused-ring (bicyclic) bond motifs is 3. The van der Waals surface area contributed by atoms with Gasteiger partial charge in [-0.3, -0.25) is 0 Å². The number of urea groups is 1. The van der Waals surface area contributed by atoms with E-state index < -0.39 is 0 Å². The van der Waals surface area contributed by atoms with Crippen LogP contribution in [0.5, 0.6) is 0 Å². The van der Waals surface area contributed by atoms with Crippen molar-refractivity contribution in [2.75, 3.05) is 11.9 Å². The van der Waals surface area contributed by atoms with Gasteiger partial charge in [-0.2, -0.15) is 5.10 Å². The minimum atomic E-state index is -0.0806. The van der Waals surface area contributed by atoms with Crippen molar-refractivity contribution in [1.82, 2.24) is 19.5 Å². The SMILES string of the molecule is Cc1cccc(NC(=O)N2CCc3c(cnc4cc(C)nn34)C2)c1. The minimum Gasteiger partial charge on any atom is -0.320 e. The zero-order valence-electron chi connectivity index (χ0n) is 13.8. The van der Waals surface area contributed by atoms with Crippen molar-refractivity contribution < 1.29 is 4.79 Å². The van der Waals surface area contributed by atoms with Crippen molar-refractivity contribution in [2.45, 2.75) is 26.8 Å². The Morgan fingerprint density at radius 2 is 2.12 bits per heavy atom. The molecule has 2 amide bonds. The van der Waals surface area contributed by atoms with Crippen LogP contribution in [0.15, 0.2) is 36.5 Å². The third kappa shape index (κ3) is 2.60. The largest absolute Gasteiger partial charge is 0.322 e. The molecule has 0 unspecified atom stereocenters. The first-order valence-electron chi connectivity index (χ1n) is 8.06. The average molecular weight is 321 g/mol. The van der Waals surface area contributed by atoms with Gasteiger partial charge in [-0.1, -0.05) is 12.1 Å². The van der Waals surface area contributed by atoms with Gasteiger partial charge >= 0.3 is 6.03 Å². The van der Waals surface area contributed by atoms with Gasteiger partial charge in [0.05, 0.1) is 17.9 Å². The lowest BCUT2D eigenvalue weighted by molar-refractivity contribution is 0.205. The molecule has 2 aromatic heterocycles. The van der Waals surface area contributed by atoms with Gasteiger partial charge in [0.25, 0.3) is 0 Å². The predicted octanol–water partition coefficient (Wildman–Crippen LogP) is 2.94. The Morgan fingerprint density at radius 3 is 2.96 bits per heavy atom. The quantitative estimate of drug-likeness (QED) is 0.749. The number of anilines is 1. The molecule has 122 valence electrons. The van der Waals surface area contributed by atoms with E-state index in [1.54, 1.807) is 0 Å². The molecule has 24 heavy (non-hydrogen) atoms. The van der Waals surface area contributed by atoms with E-state index in [9.17, 15) is 4.79 Å². The first kappa shape index (κ1) is 14.7. The van der Waals surface area contributed by atoms with Gasteiger partial charge in [0.1, 0.15) is 0 Å². The van der Waals surface area contributed by atoms with Crippen molar-refractivity contribution in [1.29, 1.82) is 0 Å². The number of aromatic nitrogens is 3. The van der Waals surface area contributed by atoms with E-state index in [0.29, 0.717) is 13.1 Å². The topological polar surface area (TPSA) is 62.5 Å². The number of rotatable bonds is 1. The lowest BCUT2D eigenvalue weighted by atomic mass is 10.1. The molecule has 1 N–H and O–H groups in total. The molecule has 0 saturated heterocycles. The van der Waals surface area contributed by atoms with Crippen LogP contribution in [0.1, 0.15) is 22.5 Å². The minimum absolute atomic E-state index is 0.0806. The number of carbonyl (C=O) groups excluding carboxylic acids is 1. The van der Waals surface area contributed by atoms with Gasteiger partial charge in [0.2, 0.25) is 0 Å². The molecule has 0 fully saturated rings. The van der Waals surface area contributed by atoms with E-state index in [1.807, 2.05) is 59.8 Å². The highest BCUT2D eigenvalue weighted by Crippen LogP contribution is 2.20. The number of hydrogen-bond acceptors (Lipinski definition) is 3. The van der Waals surface area contributed by atoms with Crippen LogP contribution in [-0.4, -0.2) is 32.1 Å². The number of carbonyl (C=O) groups is 1. The summed E-state index contributed by atoms with van der Waals surface area (Å²) in [5.41, 5.74) is 5.96. The molecule has 1 aliphatic rings. The number of benzene rings is 1. The molecular weight excluding hydrogens is 302 g/mol. The molecule has 0 aliphatic carbocycles. The van der Waals surface area contributed by atoms with Crippen LogP contribution in [0.3, 0.4) is 0 Å². The maximum Gasteiger partial charge on any atom is 0.322 e. The number of nitrogens with zero attached hydrogens (tertiary/aromatic N) is 4. The van der Waals surface area contributed by atoms with Crippen LogP contribution < -0.4 is 5.32 Å². The van der Waals surface area contributed by atoms with Gasteiger partial charge in [-0.15, -0.1) is 0 Å². The van der Waals surface area contributed by atoms with E-state index in [1.165, 1.54) is 0 Å². The summed E-state index contributed by atoms with van der Waals surface area (Å²) in [5, 5.41) is 7.48. The Morgan fingerprint density at radius 1 is 1.25 bits per heavy atom. The fourth-order valence-corrected chi connectivity index (χ4v) is 3.15. The van der Waals surface area contributed by atoms with Crippen molar-refractivity contribution in [3.05, 3.63) is 59.0 Å². The monoisotopic (exact) mass is 321 g/mol. The van der Waals surface area contributed by atoms with Gasteiger partial charge in [-0.25, -0.2) is 14.3 Å². The smallest absolute Gasteiger partial charge is 0.320 e. The van der Waals surface area contributed by atoms with Crippen LogP contribution in [0.4, 0.5) is 10.5 Å². The number of nitrogens with one attached hydrogen (secondary N) is 1. The Hall–Kier alpha value is -2.89. The molecule has 3 heterocycles. The fourth-order valence-electron chi connectivity index (χ4n) is 3.15. The van der Waals surface area contributed by atoms with Crippen molar-refractivity contribution in [3.63, 3.8) is 0 Å². The lowest BCUT2D eigenvalue weighted by Crippen LogP contribution is -2.39. The van der Waals surface area contributed by atoms with Crippen molar-refractivity contribution in [2.24, 2.45) is 0 Å². The van der Waals surface area contributed by atoms with Gasteiger partial charge < -0.3 is 10.2 Å². The molecule has 0 radical (unpaired) electrons.